The molecule has 7 heteroatoms. The largest absolute Gasteiger partial charge is 0.428 e. The molecule has 0 amide bonds. The molecular weight excluding hydrogens is 252 g/mol. The Hall–Kier alpha value is -0.750. The molecule has 0 N–H and O–H groups in total. The van der Waals surface area contributed by atoms with Crippen molar-refractivity contribution in [2.75, 3.05) is 19.0 Å². The van der Waals surface area contributed by atoms with Crippen LogP contribution in [0.4, 0.5) is 0 Å². The van der Waals surface area contributed by atoms with E-state index in [0.29, 0.717) is 0 Å². The van der Waals surface area contributed by atoms with Gasteiger partial charge in [-0.1, -0.05) is 0 Å². The average Bonchev–Trinajstić information content (AvgIpc) is 2.28. The minimum Gasteiger partial charge on any atom is -0.428 e. The first kappa shape index (κ1) is 11.7. The maximum atomic E-state index is 11.4. The number of alkyl halides is 1. The van der Waals surface area contributed by atoms with E-state index in [4.69, 9.17) is 16.3 Å². The van der Waals surface area contributed by atoms with E-state index in [1.54, 1.807) is 0 Å². The lowest BCUT2D eigenvalue weighted by molar-refractivity contribution is 0.259. The highest BCUT2D eigenvalue weighted by Crippen LogP contribution is 2.18. The molecule has 2 aliphatic heterocycles. The Labute approximate surface area is 99.8 Å². The van der Waals surface area contributed by atoms with Crippen LogP contribution >= 0.6 is 11.6 Å². The number of hydrogen-bond acceptors (Lipinski definition) is 4. The molecule has 0 aromatic rings. The molecule has 0 aromatic carbocycles. The summed E-state index contributed by atoms with van der Waals surface area (Å²) in [5.74, 6) is 0.267. The van der Waals surface area contributed by atoms with Crippen molar-refractivity contribution in [1.82, 2.24) is 4.90 Å². The lowest BCUT2D eigenvalue weighted by atomic mass is 10.1. The summed E-state index contributed by atoms with van der Waals surface area (Å²) in [4.78, 5) is 1.85. The van der Waals surface area contributed by atoms with E-state index in [1.165, 1.54) is 0 Å². The Bertz CT molecular complexity index is 424. The van der Waals surface area contributed by atoms with Gasteiger partial charge in [0.1, 0.15) is 5.76 Å². The van der Waals surface area contributed by atoms with Crippen LogP contribution in [-0.2, 0) is 14.8 Å². The van der Waals surface area contributed by atoms with E-state index in [9.17, 15) is 8.42 Å². The van der Waals surface area contributed by atoms with Crippen molar-refractivity contribution in [2.45, 2.75) is 19.3 Å². The monoisotopic (exact) mass is 264 g/mol. The van der Waals surface area contributed by atoms with Crippen molar-refractivity contribution >= 4 is 27.6 Å². The maximum absolute atomic E-state index is 11.4. The first-order chi connectivity index (χ1) is 7.61. The molecule has 2 aliphatic rings. The fourth-order valence-corrected chi connectivity index (χ4v) is 2.84. The molecule has 0 bridgehead atoms. The smallest absolute Gasteiger partial charge is 0.308 e. The van der Waals surface area contributed by atoms with Crippen LogP contribution in [0.2, 0.25) is 0 Å². The van der Waals surface area contributed by atoms with Crippen LogP contribution in [0.25, 0.3) is 0 Å². The van der Waals surface area contributed by atoms with Gasteiger partial charge in [0.15, 0.2) is 0 Å². The topological polar surface area (TPSA) is 59.0 Å². The lowest BCUT2D eigenvalue weighted by Gasteiger charge is -2.29. The number of allylic oxidation sites excluding steroid dienone is 1. The highest BCUT2D eigenvalue weighted by molar-refractivity contribution is 7.93. The number of nitrogens with zero attached hydrogens (tertiary/aromatic N) is 2. The van der Waals surface area contributed by atoms with E-state index in [0.717, 1.165) is 37.8 Å². The summed E-state index contributed by atoms with van der Waals surface area (Å²) < 4.78 is 31.8. The number of hydrogen-bond donors (Lipinski definition) is 0. The van der Waals surface area contributed by atoms with Crippen molar-refractivity contribution in [3.8, 4) is 0 Å². The number of halogens is 1. The van der Waals surface area contributed by atoms with Gasteiger partial charge in [0.05, 0.1) is 11.3 Å². The van der Waals surface area contributed by atoms with E-state index >= 15 is 0 Å². The molecule has 0 aliphatic carbocycles. The number of likely N-dealkylation sites (tertiary alicyclic amines) is 1. The van der Waals surface area contributed by atoms with E-state index in [-0.39, 0.29) is 17.7 Å². The molecule has 1 saturated heterocycles. The van der Waals surface area contributed by atoms with Gasteiger partial charge in [-0.05, 0) is 19.3 Å². The molecule has 90 valence electrons. The molecule has 1 fully saturated rings. The average molecular weight is 265 g/mol. The summed E-state index contributed by atoms with van der Waals surface area (Å²) in [6.45, 7) is 1.56. The Morgan fingerprint density at radius 2 is 2.06 bits per heavy atom. The molecule has 0 atom stereocenters. The van der Waals surface area contributed by atoms with Crippen molar-refractivity contribution in [3.63, 3.8) is 0 Å². The Balaban J connectivity index is 2.19. The molecule has 0 radical (unpaired) electrons. The van der Waals surface area contributed by atoms with Gasteiger partial charge in [0.2, 0.25) is 0 Å². The summed E-state index contributed by atoms with van der Waals surface area (Å²) in [5.41, 5.74) is 0. The van der Waals surface area contributed by atoms with Crippen LogP contribution in [0.15, 0.2) is 15.6 Å². The van der Waals surface area contributed by atoms with Crippen molar-refractivity contribution in [3.05, 3.63) is 11.2 Å². The summed E-state index contributed by atoms with van der Waals surface area (Å²) >= 11 is 5.58. The number of rotatable bonds is 1. The van der Waals surface area contributed by atoms with Gasteiger partial charge in [-0.15, -0.1) is 16.0 Å². The Morgan fingerprint density at radius 3 is 2.69 bits per heavy atom. The molecule has 2 rings (SSSR count). The molecule has 0 spiro atoms. The first-order valence-corrected chi connectivity index (χ1v) is 7.19. The lowest BCUT2D eigenvalue weighted by Crippen LogP contribution is -2.38. The fourth-order valence-electron chi connectivity index (χ4n) is 1.73. The number of amidine groups is 1. The van der Waals surface area contributed by atoms with Gasteiger partial charge in [0.25, 0.3) is 10.0 Å². The SMILES string of the molecule is O=S1(=O)C=C(CCl)OC(N2CCCCC2)=N1. The van der Waals surface area contributed by atoms with Crippen LogP contribution in [0.1, 0.15) is 19.3 Å². The second-order valence-corrected chi connectivity index (χ2v) is 5.47. The zero-order valence-corrected chi connectivity index (χ0v) is 10.3. The molecular formula is C9H13ClN2O3S. The zero-order valence-electron chi connectivity index (χ0n) is 8.73. The van der Waals surface area contributed by atoms with Gasteiger partial charge in [-0.3, -0.25) is 0 Å². The standard InChI is InChI=1S/C9H13ClN2O3S/c10-6-8-7-16(13,14)11-9(15-8)12-4-2-1-3-5-12/h7H,1-6H2. The molecule has 5 nitrogen and oxygen atoms in total. The molecule has 2 heterocycles. The number of sulfonamides is 1. The van der Waals surface area contributed by atoms with E-state index in [1.807, 2.05) is 4.90 Å². The predicted molar refractivity (Wildman–Crippen MR) is 61.7 cm³/mol. The van der Waals surface area contributed by atoms with Gasteiger partial charge in [0, 0.05) is 13.1 Å². The Morgan fingerprint density at radius 1 is 1.38 bits per heavy atom. The minimum atomic E-state index is -3.57. The minimum absolute atomic E-state index is 0.0338. The quantitative estimate of drug-likeness (QED) is 0.669. The van der Waals surface area contributed by atoms with E-state index in [2.05, 4.69) is 4.40 Å². The molecule has 0 saturated carbocycles. The first-order valence-electron chi connectivity index (χ1n) is 5.15. The van der Waals surface area contributed by atoms with Crippen LogP contribution < -0.4 is 0 Å². The van der Waals surface area contributed by atoms with Gasteiger partial charge < -0.3 is 9.64 Å². The maximum Gasteiger partial charge on any atom is 0.308 e. The van der Waals surface area contributed by atoms with Crippen LogP contribution in [0, 0.1) is 0 Å². The second-order valence-electron chi connectivity index (χ2n) is 3.76. The van der Waals surface area contributed by atoms with Crippen molar-refractivity contribution in [2.24, 2.45) is 4.40 Å². The summed E-state index contributed by atoms with van der Waals surface area (Å²) in [5, 5.41) is 0.966. The van der Waals surface area contributed by atoms with Crippen LogP contribution in [0.3, 0.4) is 0 Å². The molecule has 16 heavy (non-hydrogen) atoms. The summed E-state index contributed by atoms with van der Waals surface area (Å²) in [6, 6.07) is 0.165. The van der Waals surface area contributed by atoms with Gasteiger partial charge >= 0.3 is 6.02 Å². The van der Waals surface area contributed by atoms with Crippen molar-refractivity contribution < 1.29 is 13.2 Å². The zero-order chi connectivity index (χ0) is 11.6. The van der Waals surface area contributed by atoms with Crippen molar-refractivity contribution in [1.29, 1.82) is 0 Å². The third-order valence-corrected chi connectivity index (χ3v) is 3.70. The summed E-state index contributed by atoms with van der Waals surface area (Å²) in [6.07, 6.45) is 3.22. The molecule has 0 unspecified atom stereocenters. The van der Waals surface area contributed by atoms with E-state index < -0.39 is 10.0 Å². The summed E-state index contributed by atoms with van der Waals surface area (Å²) in [7, 11) is -3.57. The van der Waals surface area contributed by atoms with Gasteiger partial charge in [-0.2, -0.15) is 8.42 Å². The second kappa shape index (κ2) is 4.63. The highest BCUT2D eigenvalue weighted by atomic mass is 35.5. The van der Waals surface area contributed by atoms with Crippen LogP contribution in [0.5, 0.6) is 0 Å². The van der Waals surface area contributed by atoms with Gasteiger partial charge in [-0.25, -0.2) is 0 Å². The normalized spacial score (nSPS) is 24.4. The highest BCUT2D eigenvalue weighted by Gasteiger charge is 2.24. The predicted octanol–water partition coefficient (Wildman–Crippen LogP) is 1.27. The Kier molecular flexibility index (Phi) is 3.39. The third-order valence-electron chi connectivity index (χ3n) is 2.47. The van der Waals surface area contributed by atoms with Crippen LogP contribution in [-0.4, -0.2) is 38.3 Å². The number of piperidine rings is 1. The molecule has 0 aromatic heterocycles. The number of ether oxygens (including phenoxy) is 1. The fraction of sp³-hybridized carbons (Fsp3) is 0.667. The third kappa shape index (κ3) is 2.68.